The van der Waals surface area contributed by atoms with E-state index in [9.17, 15) is 14.3 Å². The van der Waals surface area contributed by atoms with Crippen LogP contribution in [0.5, 0.6) is 5.75 Å². The number of hydrogen-bond donors (Lipinski definition) is 2. The summed E-state index contributed by atoms with van der Waals surface area (Å²) in [7, 11) is 0. The van der Waals surface area contributed by atoms with Crippen molar-refractivity contribution in [1.29, 1.82) is 5.26 Å². The molecular formula is C14H6BrFN2O2S. The molecule has 0 unspecified atom stereocenters. The average Bonchev–Trinajstić information content (AvgIpc) is 2.76. The van der Waals surface area contributed by atoms with Gasteiger partial charge in [0, 0.05) is 5.56 Å². The SMILES string of the molecule is N#Cc1c(O)c2c(-c3ccc(F)cc3)c(Br)sc2[nH]c1=O. The number of pyridine rings is 1. The van der Waals surface area contributed by atoms with E-state index in [0.29, 0.717) is 25.1 Å². The number of benzene rings is 1. The van der Waals surface area contributed by atoms with Crippen LogP contribution in [0.1, 0.15) is 5.56 Å². The highest BCUT2D eigenvalue weighted by molar-refractivity contribution is 9.11. The molecule has 7 heteroatoms. The molecule has 0 amide bonds. The van der Waals surface area contributed by atoms with Crippen molar-refractivity contribution in [3.63, 3.8) is 0 Å². The number of aromatic amines is 1. The molecule has 2 heterocycles. The summed E-state index contributed by atoms with van der Waals surface area (Å²) in [4.78, 5) is 14.7. The lowest BCUT2D eigenvalue weighted by molar-refractivity contribution is 0.479. The molecule has 21 heavy (non-hydrogen) atoms. The van der Waals surface area contributed by atoms with Gasteiger partial charge in [-0.15, -0.1) is 11.3 Å². The van der Waals surface area contributed by atoms with E-state index in [1.165, 1.54) is 23.5 Å². The van der Waals surface area contributed by atoms with Crippen LogP contribution in [0.3, 0.4) is 0 Å². The summed E-state index contributed by atoms with van der Waals surface area (Å²) in [6, 6.07) is 7.43. The van der Waals surface area contributed by atoms with E-state index in [4.69, 9.17) is 5.26 Å². The largest absolute Gasteiger partial charge is 0.506 e. The Balaban J connectivity index is 2.43. The van der Waals surface area contributed by atoms with Crippen molar-refractivity contribution in [3.05, 3.63) is 49.8 Å². The van der Waals surface area contributed by atoms with Crippen molar-refractivity contribution < 1.29 is 9.50 Å². The van der Waals surface area contributed by atoms with Crippen molar-refractivity contribution in [1.82, 2.24) is 4.98 Å². The van der Waals surface area contributed by atoms with E-state index in [1.807, 2.05) is 0 Å². The number of H-pyrrole nitrogens is 1. The number of hydrogen-bond acceptors (Lipinski definition) is 4. The van der Waals surface area contributed by atoms with Crippen LogP contribution < -0.4 is 5.56 Å². The second-order valence-electron chi connectivity index (χ2n) is 4.25. The van der Waals surface area contributed by atoms with Gasteiger partial charge >= 0.3 is 0 Å². The molecule has 0 radical (unpaired) electrons. The first-order chi connectivity index (χ1) is 10.0. The molecule has 0 saturated heterocycles. The Morgan fingerprint density at radius 2 is 2.00 bits per heavy atom. The molecule has 0 spiro atoms. The normalized spacial score (nSPS) is 10.7. The van der Waals surface area contributed by atoms with Gasteiger partial charge in [-0.25, -0.2) is 4.39 Å². The maximum atomic E-state index is 13.0. The lowest BCUT2D eigenvalue weighted by atomic mass is 10.0. The zero-order valence-electron chi connectivity index (χ0n) is 10.3. The molecule has 4 nitrogen and oxygen atoms in total. The number of nitrogens with one attached hydrogen (secondary N) is 1. The fraction of sp³-hybridized carbons (Fsp3) is 0. The number of halogens is 2. The third-order valence-corrected chi connectivity index (χ3v) is 4.81. The summed E-state index contributed by atoms with van der Waals surface area (Å²) >= 11 is 4.60. The van der Waals surface area contributed by atoms with Gasteiger partial charge in [-0.05, 0) is 33.6 Å². The molecular weight excluding hydrogens is 359 g/mol. The fourth-order valence-electron chi connectivity index (χ4n) is 2.09. The first kappa shape index (κ1) is 13.8. The van der Waals surface area contributed by atoms with Gasteiger partial charge in [0.1, 0.15) is 22.5 Å². The van der Waals surface area contributed by atoms with Crippen molar-refractivity contribution in [2.45, 2.75) is 0 Å². The first-order valence-electron chi connectivity index (χ1n) is 5.76. The van der Waals surface area contributed by atoms with E-state index >= 15 is 0 Å². The van der Waals surface area contributed by atoms with Gasteiger partial charge < -0.3 is 10.1 Å². The van der Waals surface area contributed by atoms with E-state index in [2.05, 4.69) is 20.9 Å². The number of aromatic nitrogens is 1. The Kier molecular flexibility index (Phi) is 3.27. The topological polar surface area (TPSA) is 76.9 Å². The minimum Gasteiger partial charge on any atom is -0.506 e. The standard InChI is InChI=1S/C14H6BrFN2O2S/c15-12-9(6-1-3-7(16)4-2-6)10-11(19)8(5-17)13(20)18-14(10)21-12/h1-4H,(H2,18,19,20). The minimum atomic E-state index is -0.637. The molecule has 0 saturated carbocycles. The van der Waals surface area contributed by atoms with E-state index in [-0.39, 0.29) is 17.1 Å². The van der Waals surface area contributed by atoms with Crippen LogP contribution in [0.15, 0.2) is 32.8 Å². The summed E-state index contributed by atoms with van der Waals surface area (Å²) in [5, 5.41) is 19.6. The smallest absolute Gasteiger partial charge is 0.270 e. The fourth-order valence-corrected chi connectivity index (χ4v) is 3.95. The van der Waals surface area contributed by atoms with Crippen LogP contribution >= 0.6 is 27.3 Å². The van der Waals surface area contributed by atoms with Gasteiger partial charge in [0.25, 0.3) is 5.56 Å². The molecule has 0 aliphatic carbocycles. The highest BCUT2D eigenvalue weighted by Crippen LogP contribution is 2.45. The zero-order chi connectivity index (χ0) is 15.1. The van der Waals surface area contributed by atoms with Crippen molar-refractivity contribution >= 4 is 37.5 Å². The quantitative estimate of drug-likeness (QED) is 0.690. The molecule has 0 atom stereocenters. The Hall–Kier alpha value is -2.17. The van der Waals surface area contributed by atoms with Gasteiger partial charge in [0.2, 0.25) is 0 Å². The number of rotatable bonds is 1. The molecule has 0 aliphatic heterocycles. The molecule has 3 rings (SSSR count). The lowest BCUT2D eigenvalue weighted by Crippen LogP contribution is -2.09. The Labute approximate surface area is 130 Å². The summed E-state index contributed by atoms with van der Waals surface area (Å²) < 4.78 is 13.7. The Morgan fingerprint density at radius 3 is 2.62 bits per heavy atom. The first-order valence-corrected chi connectivity index (χ1v) is 7.37. The number of nitrogens with zero attached hydrogens (tertiary/aromatic N) is 1. The van der Waals surface area contributed by atoms with Crippen LogP contribution in [0, 0.1) is 17.1 Å². The molecule has 104 valence electrons. The van der Waals surface area contributed by atoms with Crippen molar-refractivity contribution in [2.75, 3.05) is 0 Å². The van der Waals surface area contributed by atoms with Crippen LogP contribution in [0.2, 0.25) is 0 Å². The Bertz CT molecular complexity index is 954. The van der Waals surface area contributed by atoms with Crippen LogP contribution in [0.4, 0.5) is 4.39 Å². The highest BCUT2D eigenvalue weighted by Gasteiger charge is 2.20. The van der Waals surface area contributed by atoms with Gasteiger partial charge in [-0.2, -0.15) is 5.26 Å². The second-order valence-corrected chi connectivity index (χ2v) is 6.59. The van der Waals surface area contributed by atoms with E-state index in [0.717, 1.165) is 0 Å². The predicted octanol–water partition coefficient (Wildman–Crippen LogP) is 3.74. The van der Waals surface area contributed by atoms with E-state index in [1.54, 1.807) is 18.2 Å². The Morgan fingerprint density at radius 1 is 1.33 bits per heavy atom. The van der Waals surface area contributed by atoms with Crippen molar-refractivity contribution in [3.8, 4) is 22.9 Å². The molecule has 1 aromatic carbocycles. The number of nitriles is 1. The summed E-state index contributed by atoms with van der Waals surface area (Å²) in [6.45, 7) is 0. The van der Waals surface area contributed by atoms with Crippen LogP contribution in [-0.4, -0.2) is 10.1 Å². The maximum Gasteiger partial charge on any atom is 0.270 e. The maximum absolute atomic E-state index is 13.0. The molecule has 0 bridgehead atoms. The monoisotopic (exact) mass is 364 g/mol. The second kappa shape index (κ2) is 4.98. The summed E-state index contributed by atoms with van der Waals surface area (Å²) in [5.41, 5.74) is 0.305. The predicted molar refractivity (Wildman–Crippen MR) is 81.9 cm³/mol. The minimum absolute atomic E-state index is 0.337. The molecule has 2 N–H and O–H groups in total. The molecule has 3 aromatic rings. The molecule has 0 aliphatic rings. The van der Waals surface area contributed by atoms with Gasteiger partial charge in [-0.3, -0.25) is 4.79 Å². The van der Waals surface area contributed by atoms with Crippen LogP contribution in [-0.2, 0) is 0 Å². The third kappa shape index (κ3) is 2.13. The number of thiophene rings is 1. The summed E-state index contributed by atoms with van der Waals surface area (Å²) in [5.74, 6) is -0.734. The number of aromatic hydroxyl groups is 1. The number of fused-ring (bicyclic) bond motifs is 1. The van der Waals surface area contributed by atoms with Crippen molar-refractivity contribution in [2.24, 2.45) is 0 Å². The average molecular weight is 365 g/mol. The molecule has 2 aromatic heterocycles. The van der Waals surface area contributed by atoms with Crippen LogP contribution in [0.25, 0.3) is 21.3 Å². The van der Waals surface area contributed by atoms with E-state index < -0.39 is 5.56 Å². The zero-order valence-corrected chi connectivity index (χ0v) is 12.7. The van der Waals surface area contributed by atoms with Gasteiger partial charge in [0.15, 0.2) is 5.56 Å². The molecule has 0 fully saturated rings. The third-order valence-electron chi connectivity index (χ3n) is 3.04. The lowest BCUT2D eigenvalue weighted by Gasteiger charge is -2.04. The summed E-state index contributed by atoms with van der Waals surface area (Å²) in [6.07, 6.45) is 0. The highest BCUT2D eigenvalue weighted by atomic mass is 79.9. The van der Waals surface area contributed by atoms with Gasteiger partial charge in [0.05, 0.1) is 9.17 Å². The van der Waals surface area contributed by atoms with Gasteiger partial charge in [-0.1, -0.05) is 12.1 Å².